The maximum atomic E-state index is 4.61. The van der Waals surface area contributed by atoms with Crippen molar-refractivity contribution >= 4 is 5.96 Å². The minimum atomic E-state index is 0.395. The molecule has 0 saturated carbocycles. The maximum Gasteiger partial charge on any atom is 0.193 e. The molecule has 3 rings (SSSR count). The highest BCUT2D eigenvalue weighted by Crippen LogP contribution is 2.18. The van der Waals surface area contributed by atoms with Crippen LogP contribution >= 0.6 is 0 Å². The lowest BCUT2D eigenvalue weighted by Gasteiger charge is -2.22. The molecule has 160 valence electrons. The molecule has 3 aromatic rings. The molecule has 30 heavy (non-hydrogen) atoms. The molecule has 0 fully saturated rings. The van der Waals surface area contributed by atoms with Crippen molar-refractivity contribution in [3.63, 3.8) is 0 Å². The van der Waals surface area contributed by atoms with Crippen molar-refractivity contribution in [1.29, 1.82) is 0 Å². The summed E-state index contributed by atoms with van der Waals surface area (Å²) in [6, 6.07) is 8.63. The van der Waals surface area contributed by atoms with Gasteiger partial charge in [-0.05, 0) is 24.0 Å². The van der Waals surface area contributed by atoms with Gasteiger partial charge in [0.05, 0.1) is 5.69 Å². The minimum Gasteiger partial charge on any atom is -0.352 e. The van der Waals surface area contributed by atoms with Crippen molar-refractivity contribution in [2.45, 2.75) is 46.3 Å². The van der Waals surface area contributed by atoms with Gasteiger partial charge >= 0.3 is 0 Å². The second-order valence-electron chi connectivity index (χ2n) is 8.05. The number of nitrogens with one attached hydrogen (secondary N) is 1. The highest BCUT2D eigenvalue weighted by molar-refractivity contribution is 5.79. The van der Waals surface area contributed by atoms with Crippen molar-refractivity contribution in [3.8, 4) is 0 Å². The van der Waals surface area contributed by atoms with Crippen LogP contribution in [0.25, 0.3) is 0 Å². The number of aliphatic imine (C=N–C) groups is 1. The van der Waals surface area contributed by atoms with Gasteiger partial charge in [-0.3, -0.25) is 9.67 Å². The molecule has 1 N–H and O–H groups in total. The van der Waals surface area contributed by atoms with Gasteiger partial charge in [0, 0.05) is 64.9 Å². The van der Waals surface area contributed by atoms with E-state index in [1.165, 1.54) is 16.7 Å². The number of aromatic nitrogens is 4. The van der Waals surface area contributed by atoms with Gasteiger partial charge in [0.2, 0.25) is 0 Å². The Bertz CT molecular complexity index is 997. The van der Waals surface area contributed by atoms with Gasteiger partial charge in [-0.1, -0.05) is 38.1 Å². The second-order valence-corrected chi connectivity index (χ2v) is 8.05. The normalized spacial score (nSPS) is 11.9. The van der Waals surface area contributed by atoms with Gasteiger partial charge in [-0.25, -0.2) is 4.98 Å². The lowest BCUT2D eigenvalue weighted by Crippen LogP contribution is -2.38. The number of guanidine groups is 1. The van der Waals surface area contributed by atoms with E-state index < -0.39 is 0 Å². The summed E-state index contributed by atoms with van der Waals surface area (Å²) in [5.74, 6) is 2.28. The van der Waals surface area contributed by atoms with E-state index in [4.69, 9.17) is 0 Å². The number of rotatable bonds is 7. The van der Waals surface area contributed by atoms with Crippen LogP contribution in [0.5, 0.6) is 0 Å². The summed E-state index contributed by atoms with van der Waals surface area (Å²) in [5, 5.41) is 8.10. The van der Waals surface area contributed by atoms with E-state index in [2.05, 4.69) is 81.2 Å². The first kappa shape index (κ1) is 21.6. The van der Waals surface area contributed by atoms with Gasteiger partial charge in [0.1, 0.15) is 5.82 Å². The first-order chi connectivity index (χ1) is 14.4. The maximum absolute atomic E-state index is 4.61. The Balaban J connectivity index is 1.63. The predicted molar refractivity (Wildman–Crippen MR) is 121 cm³/mol. The Labute approximate surface area is 179 Å². The molecule has 0 bridgehead atoms. The van der Waals surface area contributed by atoms with Crippen LogP contribution in [0.15, 0.2) is 47.8 Å². The van der Waals surface area contributed by atoms with Crippen molar-refractivity contribution in [3.05, 3.63) is 71.1 Å². The first-order valence-electron chi connectivity index (χ1n) is 10.4. The summed E-state index contributed by atoms with van der Waals surface area (Å²) in [5.41, 5.74) is 4.86. The summed E-state index contributed by atoms with van der Waals surface area (Å²) in [4.78, 5) is 10.9. The van der Waals surface area contributed by atoms with Crippen molar-refractivity contribution < 1.29 is 0 Å². The average molecular weight is 408 g/mol. The molecule has 0 aliphatic heterocycles. The molecular formula is C23H33N7. The Kier molecular flexibility index (Phi) is 6.92. The van der Waals surface area contributed by atoms with Crippen molar-refractivity contribution in [2.24, 2.45) is 12.0 Å². The SMILES string of the molecule is CN=C(NCc1cccc(Cn2ccnc2C)c1)N(C)Cc1cn(C)nc1C(C)C. The Morgan fingerprint density at radius 2 is 2.03 bits per heavy atom. The van der Waals surface area contributed by atoms with Crippen LogP contribution in [0.2, 0.25) is 0 Å². The van der Waals surface area contributed by atoms with Gasteiger partial charge in [0.25, 0.3) is 0 Å². The molecule has 0 amide bonds. The molecule has 0 radical (unpaired) electrons. The Morgan fingerprint density at radius 3 is 2.70 bits per heavy atom. The summed E-state index contributed by atoms with van der Waals surface area (Å²) in [7, 11) is 5.86. The molecule has 0 spiro atoms. The second kappa shape index (κ2) is 9.61. The largest absolute Gasteiger partial charge is 0.352 e. The zero-order chi connectivity index (χ0) is 21.7. The van der Waals surface area contributed by atoms with Crippen LogP contribution in [-0.4, -0.2) is 44.3 Å². The molecule has 2 aromatic heterocycles. The molecule has 7 nitrogen and oxygen atoms in total. The van der Waals surface area contributed by atoms with E-state index in [1.807, 2.05) is 38.1 Å². The van der Waals surface area contributed by atoms with Crippen molar-refractivity contribution in [2.75, 3.05) is 14.1 Å². The Hall–Kier alpha value is -3.09. The predicted octanol–water partition coefficient (Wildman–Crippen LogP) is 3.30. The average Bonchev–Trinajstić information content (AvgIpc) is 3.28. The van der Waals surface area contributed by atoms with E-state index in [1.54, 1.807) is 0 Å². The van der Waals surface area contributed by atoms with Crippen LogP contribution in [-0.2, 0) is 26.7 Å². The zero-order valence-corrected chi connectivity index (χ0v) is 18.9. The molecule has 0 unspecified atom stereocenters. The van der Waals surface area contributed by atoms with Crippen molar-refractivity contribution in [1.82, 2.24) is 29.5 Å². The third kappa shape index (κ3) is 5.28. The van der Waals surface area contributed by atoms with Gasteiger partial charge in [0.15, 0.2) is 5.96 Å². The van der Waals surface area contributed by atoms with Crippen LogP contribution in [0, 0.1) is 6.92 Å². The lowest BCUT2D eigenvalue weighted by molar-refractivity contribution is 0.473. The van der Waals surface area contributed by atoms with E-state index >= 15 is 0 Å². The standard InChI is InChI=1S/C23H33N7/c1-17(2)22-21(16-29(6)27-22)15-28(5)23(24-4)26-13-19-8-7-9-20(12-19)14-30-11-10-25-18(30)3/h7-12,16-17H,13-15H2,1-6H3,(H,24,26). The topological polar surface area (TPSA) is 63.3 Å². The summed E-state index contributed by atoms with van der Waals surface area (Å²) >= 11 is 0. The number of aryl methyl sites for hydroxylation is 2. The highest BCUT2D eigenvalue weighted by Gasteiger charge is 2.15. The molecule has 0 aliphatic carbocycles. The smallest absolute Gasteiger partial charge is 0.193 e. The molecule has 0 saturated heterocycles. The first-order valence-corrected chi connectivity index (χ1v) is 10.4. The summed E-state index contributed by atoms with van der Waals surface area (Å²) in [6.45, 7) is 8.69. The fraction of sp³-hybridized carbons (Fsp3) is 0.435. The molecule has 7 heteroatoms. The lowest BCUT2D eigenvalue weighted by atomic mass is 10.1. The van der Waals surface area contributed by atoms with Crippen LogP contribution in [0.1, 0.15) is 48.0 Å². The van der Waals surface area contributed by atoms with E-state index in [9.17, 15) is 0 Å². The Morgan fingerprint density at radius 1 is 1.27 bits per heavy atom. The van der Waals surface area contributed by atoms with E-state index in [0.29, 0.717) is 5.92 Å². The number of hydrogen-bond acceptors (Lipinski definition) is 3. The number of imidazole rings is 1. The van der Waals surface area contributed by atoms with Crippen LogP contribution < -0.4 is 5.32 Å². The number of nitrogens with zero attached hydrogens (tertiary/aromatic N) is 6. The summed E-state index contributed by atoms with van der Waals surface area (Å²) < 4.78 is 4.04. The van der Waals surface area contributed by atoms with Gasteiger partial charge in [-0.15, -0.1) is 0 Å². The molecule has 0 atom stereocenters. The quantitative estimate of drug-likeness (QED) is 0.482. The van der Waals surface area contributed by atoms with Gasteiger partial charge in [-0.2, -0.15) is 5.10 Å². The van der Waals surface area contributed by atoms with E-state index in [0.717, 1.165) is 37.1 Å². The molecule has 2 heterocycles. The summed E-state index contributed by atoms with van der Waals surface area (Å²) in [6.07, 6.45) is 5.95. The number of hydrogen-bond donors (Lipinski definition) is 1. The highest BCUT2D eigenvalue weighted by atomic mass is 15.3. The third-order valence-electron chi connectivity index (χ3n) is 5.18. The zero-order valence-electron chi connectivity index (χ0n) is 18.9. The van der Waals surface area contributed by atoms with Crippen LogP contribution in [0.3, 0.4) is 0 Å². The third-order valence-corrected chi connectivity index (χ3v) is 5.18. The molecule has 0 aliphatic rings. The van der Waals surface area contributed by atoms with Gasteiger partial charge < -0.3 is 14.8 Å². The fourth-order valence-corrected chi connectivity index (χ4v) is 3.66. The molecule has 1 aromatic carbocycles. The van der Waals surface area contributed by atoms with Crippen LogP contribution in [0.4, 0.5) is 0 Å². The fourth-order valence-electron chi connectivity index (χ4n) is 3.66. The number of benzene rings is 1. The van der Waals surface area contributed by atoms with E-state index in [-0.39, 0.29) is 0 Å². The minimum absolute atomic E-state index is 0.395. The molecular weight excluding hydrogens is 374 g/mol. The monoisotopic (exact) mass is 407 g/mol.